The van der Waals surface area contributed by atoms with Gasteiger partial charge in [-0.25, -0.2) is 0 Å². The second-order valence-corrected chi connectivity index (χ2v) is 4.17. The van der Waals surface area contributed by atoms with Crippen LogP contribution in [0, 0.1) is 0 Å². The number of nitrogens with two attached hydrogens (primary N) is 1. The number of hydrogen-bond acceptors (Lipinski definition) is 5. The van der Waals surface area contributed by atoms with Crippen molar-refractivity contribution in [2.45, 2.75) is 6.54 Å². The van der Waals surface area contributed by atoms with Crippen molar-refractivity contribution < 1.29 is 0 Å². The minimum Gasteiger partial charge on any atom is -0.397 e. The Morgan fingerprint density at radius 3 is 2.84 bits per heavy atom. The van der Waals surface area contributed by atoms with Crippen LogP contribution in [0.2, 0.25) is 0 Å². The van der Waals surface area contributed by atoms with E-state index < -0.39 is 0 Å². The highest BCUT2D eigenvalue weighted by Gasteiger charge is 2.04. The molecular formula is C14H13N5. The molecule has 0 amide bonds. The lowest BCUT2D eigenvalue weighted by molar-refractivity contribution is 0.925. The highest BCUT2D eigenvalue weighted by Crippen LogP contribution is 2.25. The van der Waals surface area contributed by atoms with Gasteiger partial charge in [0.15, 0.2) is 0 Å². The van der Waals surface area contributed by atoms with Gasteiger partial charge in [-0.2, -0.15) is 10.2 Å². The van der Waals surface area contributed by atoms with Crippen molar-refractivity contribution in [3.05, 3.63) is 54.5 Å². The molecule has 0 aliphatic carbocycles. The Hall–Kier alpha value is -2.69. The van der Waals surface area contributed by atoms with Crippen LogP contribution < -0.4 is 11.1 Å². The average molecular weight is 251 g/mol. The summed E-state index contributed by atoms with van der Waals surface area (Å²) in [4.78, 5) is 4.30. The Bertz CT molecular complexity index is 697. The highest BCUT2D eigenvalue weighted by atomic mass is 15.1. The third kappa shape index (κ3) is 2.30. The second-order valence-electron chi connectivity index (χ2n) is 4.17. The zero-order chi connectivity index (χ0) is 13.1. The molecule has 3 rings (SSSR count). The molecule has 0 bridgehead atoms. The van der Waals surface area contributed by atoms with Gasteiger partial charge in [0.2, 0.25) is 0 Å². The molecule has 0 unspecified atom stereocenters. The van der Waals surface area contributed by atoms with E-state index in [9.17, 15) is 0 Å². The first-order valence-electron chi connectivity index (χ1n) is 5.98. The van der Waals surface area contributed by atoms with E-state index >= 15 is 0 Å². The van der Waals surface area contributed by atoms with Gasteiger partial charge < -0.3 is 11.1 Å². The minimum atomic E-state index is 0.613. The van der Waals surface area contributed by atoms with Crippen LogP contribution in [0.4, 0.5) is 11.4 Å². The van der Waals surface area contributed by atoms with E-state index in [4.69, 9.17) is 5.73 Å². The van der Waals surface area contributed by atoms with Crippen LogP contribution in [-0.4, -0.2) is 15.2 Å². The van der Waals surface area contributed by atoms with Gasteiger partial charge in [-0.15, -0.1) is 0 Å². The van der Waals surface area contributed by atoms with Crippen molar-refractivity contribution in [3.63, 3.8) is 0 Å². The van der Waals surface area contributed by atoms with Crippen LogP contribution in [0.1, 0.15) is 5.69 Å². The Morgan fingerprint density at radius 2 is 2.00 bits per heavy atom. The van der Waals surface area contributed by atoms with E-state index in [0.29, 0.717) is 12.2 Å². The summed E-state index contributed by atoms with van der Waals surface area (Å²) < 4.78 is 0. The summed E-state index contributed by atoms with van der Waals surface area (Å²) in [5, 5.41) is 12.2. The molecule has 1 aromatic carbocycles. The van der Waals surface area contributed by atoms with Gasteiger partial charge in [-0.05, 0) is 24.3 Å². The maximum Gasteiger partial charge on any atom is 0.0951 e. The quantitative estimate of drug-likeness (QED) is 0.698. The van der Waals surface area contributed by atoms with Gasteiger partial charge in [-0.3, -0.25) is 4.98 Å². The number of benzene rings is 1. The summed E-state index contributed by atoms with van der Waals surface area (Å²) in [5.41, 5.74) is 9.29. The number of rotatable bonds is 3. The molecule has 0 aliphatic rings. The molecule has 2 heterocycles. The van der Waals surface area contributed by atoms with Crippen molar-refractivity contribution in [3.8, 4) is 0 Å². The topological polar surface area (TPSA) is 76.7 Å². The number of anilines is 2. The van der Waals surface area contributed by atoms with Gasteiger partial charge in [0.1, 0.15) is 0 Å². The van der Waals surface area contributed by atoms with Gasteiger partial charge in [-0.1, -0.05) is 12.1 Å². The van der Waals surface area contributed by atoms with Crippen molar-refractivity contribution in [1.29, 1.82) is 0 Å². The molecule has 0 fully saturated rings. The fourth-order valence-corrected chi connectivity index (χ4v) is 1.97. The first-order valence-corrected chi connectivity index (χ1v) is 5.98. The SMILES string of the molecule is Nc1cccc2c(NCc3cccnn3)ccnc12. The van der Waals surface area contributed by atoms with Crippen LogP contribution in [0.15, 0.2) is 48.8 Å². The summed E-state index contributed by atoms with van der Waals surface area (Å²) in [6, 6.07) is 11.5. The molecule has 0 spiro atoms. The number of nitrogens with zero attached hydrogens (tertiary/aromatic N) is 3. The molecule has 2 aromatic heterocycles. The minimum absolute atomic E-state index is 0.613. The summed E-state index contributed by atoms with van der Waals surface area (Å²) in [6.07, 6.45) is 3.41. The van der Waals surface area contributed by atoms with Crippen LogP contribution in [0.5, 0.6) is 0 Å². The normalized spacial score (nSPS) is 10.5. The monoisotopic (exact) mass is 251 g/mol. The smallest absolute Gasteiger partial charge is 0.0951 e. The molecule has 94 valence electrons. The second kappa shape index (κ2) is 4.89. The number of nitrogens with one attached hydrogen (secondary N) is 1. The van der Waals surface area contributed by atoms with Gasteiger partial charge in [0, 0.05) is 23.5 Å². The Balaban J connectivity index is 1.91. The Labute approximate surface area is 110 Å². The number of nitrogen functional groups attached to an aromatic ring is 1. The zero-order valence-corrected chi connectivity index (χ0v) is 10.2. The molecule has 5 heteroatoms. The maximum atomic E-state index is 5.92. The fourth-order valence-electron chi connectivity index (χ4n) is 1.97. The summed E-state index contributed by atoms with van der Waals surface area (Å²) >= 11 is 0. The van der Waals surface area contributed by atoms with Crippen LogP contribution in [-0.2, 0) is 6.54 Å². The van der Waals surface area contributed by atoms with Crippen LogP contribution in [0.25, 0.3) is 10.9 Å². The molecular weight excluding hydrogens is 238 g/mol. The van der Waals surface area contributed by atoms with Crippen molar-refractivity contribution in [2.24, 2.45) is 0 Å². The lowest BCUT2D eigenvalue weighted by Crippen LogP contribution is -2.03. The van der Waals surface area contributed by atoms with E-state index in [1.54, 1.807) is 12.4 Å². The van der Waals surface area contributed by atoms with E-state index in [2.05, 4.69) is 20.5 Å². The van der Waals surface area contributed by atoms with Crippen LogP contribution in [0.3, 0.4) is 0 Å². The van der Waals surface area contributed by atoms with Crippen molar-refractivity contribution in [2.75, 3.05) is 11.1 Å². The lowest BCUT2D eigenvalue weighted by atomic mass is 10.1. The third-order valence-electron chi connectivity index (χ3n) is 2.89. The third-order valence-corrected chi connectivity index (χ3v) is 2.89. The van der Waals surface area contributed by atoms with E-state index in [-0.39, 0.29) is 0 Å². The number of fused-ring (bicyclic) bond motifs is 1. The summed E-state index contributed by atoms with van der Waals surface area (Å²) in [5.74, 6) is 0. The molecule has 0 radical (unpaired) electrons. The largest absolute Gasteiger partial charge is 0.397 e. The molecule has 0 saturated heterocycles. The van der Waals surface area contributed by atoms with Crippen LogP contribution >= 0.6 is 0 Å². The van der Waals surface area contributed by atoms with Gasteiger partial charge in [0.05, 0.1) is 23.4 Å². The molecule has 0 atom stereocenters. The van der Waals surface area contributed by atoms with Crippen molar-refractivity contribution >= 4 is 22.3 Å². The average Bonchev–Trinajstić information content (AvgIpc) is 2.47. The number of aromatic nitrogens is 3. The first-order chi connectivity index (χ1) is 9.34. The summed E-state index contributed by atoms with van der Waals surface area (Å²) in [7, 11) is 0. The van der Waals surface area contributed by atoms with Gasteiger partial charge in [0.25, 0.3) is 0 Å². The van der Waals surface area contributed by atoms with E-state index in [1.807, 2.05) is 36.4 Å². The van der Waals surface area contributed by atoms with Crippen molar-refractivity contribution in [1.82, 2.24) is 15.2 Å². The molecule has 3 aromatic rings. The lowest BCUT2D eigenvalue weighted by Gasteiger charge is -2.09. The molecule has 3 N–H and O–H groups in total. The number of pyridine rings is 1. The predicted octanol–water partition coefficient (Wildman–Crippen LogP) is 2.22. The standard InChI is InChI=1S/C14H13N5/c15-12-5-1-4-11-13(6-8-16-14(11)12)17-9-10-3-2-7-18-19-10/h1-8H,9,15H2,(H,16,17). The number of para-hydroxylation sites is 1. The molecule has 0 saturated carbocycles. The molecule has 19 heavy (non-hydrogen) atoms. The molecule has 5 nitrogen and oxygen atoms in total. The Kier molecular flexibility index (Phi) is 2.94. The first kappa shape index (κ1) is 11.4. The summed E-state index contributed by atoms with van der Waals surface area (Å²) in [6.45, 7) is 0.613. The highest BCUT2D eigenvalue weighted by molar-refractivity contribution is 5.97. The van der Waals surface area contributed by atoms with E-state index in [0.717, 1.165) is 22.3 Å². The Morgan fingerprint density at radius 1 is 1.05 bits per heavy atom. The zero-order valence-electron chi connectivity index (χ0n) is 10.2. The number of hydrogen-bond donors (Lipinski definition) is 2. The maximum absolute atomic E-state index is 5.92. The fraction of sp³-hybridized carbons (Fsp3) is 0.0714. The predicted molar refractivity (Wildman–Crippen MR) is 75.5 cm³/mol. The molecule has 0 aliphatic heterocycles. The van der Waals surface area contributed by atoms with E-state index in [1.165, 1.54) is 0 Å². The van der Waals surface area contributed by atoms with Gasteiger partial charge >= 0.3 is 0 Å².